The normalized spacial score (nSPS) is 14.2. The van der Waals surface area contributed by atoms with Gasteiger partial charge in [-0.2, -0.15) is 0 Å². The van der Waals surface area contributed by atoms with Gasteiger partial charge in [0.2, 0.25) is 15.9 Å². The Morgan fingerprint density at radius 2 is 1.89 bits per heavy atom. The van der Waals surface area contributed by atoms with E-state index in [0.717, 1.165) is 10.6 Å². The number of halogens is 1. The number of carbonyl (C=O) groups is 1. The van der Waals surface area contributed by atoms with Crippen molar-refractivity contribution in [3.8, 4) is 11.5 Å². The molecule has 0 radical (unpaired) electrons. The first-order chi connectivity index (χ1) is 13.3. The largest absolute Gasteiger partial charge is 0.486 e. The fraction of sp³-hybridized carbons (Fsp3) is 0.316. The number of anilines is 2. The van der Waals surface area contributed by atoms with Crippen LogP contribution in [0.25, 0.3) is 0 Å². The average molecular weight is 425 g/mol. The molecule has 2 aromatic rings. The summed E-state index contributed by atoms with van der Waals surface area (Å²) >= 11 is 6.02. The predicted molar refractivity (Wildman–Crippen MR) is 109 cm³/mol. The molecule has 7 nitrogen and oxygen atoms in total. The van der Waals surface area contributed by atoms with Crippen molar-refractivity contribution in [2.75, 3.05) is 29.1 Å². The Hall–Kier alpha value is -2.45. The zero-order valence-corrected chi connectivity index (χ0v) is 17.1. The number of nitrogens with zero attached hydrogens (tertiary/aromatic N) is 1. The Kier molecular flexibility index (Phi) is 6.00. The van der Waals surface area contributed by atoms with E-state index in [4.69, 9.17) is 21.1 Å². The first kappa shape index (κ1) is 20.3. The summed E-state index contributed by atoms with van der Waals surface area (Å²) < 4.78 is 37.0. The molecule has 1 aliphatic rings. The number of fused-ring (bicyclic) bond motifs is 1. The van der Waals surface area contributed by atoms with Crippen LogP contribution in [0, 0.1) is 0 Å². The van der Waals surface area contributed by atoms with E-state index in [2.05, 4.69) is 5.32 Å². The number of carbonyl (C=O) groups excluding carboxylic acids is 1. The topological polar surface area (TPSA) is 84.9 Å². The van der Waals surface area contributed by atoms with Gasteiger partial charge in [0, 0.05) is 16.8 Å². The third kappa shape index (κ3) is 4.51. The van der Waals surface area contributed by atoms with Crippen molar-refractivity contribution in [1.82, 2.24) is 0 Å². The smallest absolute Gasteiger partial charge is 0.248 e. The molecular weight excluding hydrogens is 404 g/mol. The number of rotatable bonds is 6. The summed E-state index contributed by atoms with van der Waals surface area (Å²) in [5.41, 5.74) is 0.825. The number of sulfonamides is 1. The Morgan fingerprint density at radius 3 is 2.54 bits per heavy atom. The Labute approximate surface area is 169 Å². The molecule has 0 aliphatic carbocycles. The lowest BCUT2D eigenvalue weighted by molar-refractivity contribution is -0.117. The van der Waals surface area contributed by atoms with Crippen molar-refractivity contribution in [2.45, 2.75) is 19.4 Å². The van der Waals surface area contributed by atoms with Crippen LogP contribution >= 0.6 is 11.6 Å². The summed E-state index contributed by atoms with van der Waals surface area (Å²) in [5.74, 6) is 0.685. The molecule has 150 valence electrons. The lowest BCUT2D eigenvalue weighted by Gasteiger charge is -2.30. The zero-order chi connectivity index (χ0) is 20.3. The van der Waals surface area contributed by atoms with Crippen molar-refractivity contribution in [1.29, 1.82) is 0 Å². The number of benzene rings is 2. The molecule has 1 aliphatic heterocycles. The minimum absolute atomic E-state index is 0.274. The predicted octanol–water partition coefficient (Wildman–Crippen LogP) is 3.29. The standard InChI is InChI=1S/C19H21ClN2O5S/c1-3-16(22(28(2,24)25)15-6-4-5-13(20)11-15)19(23)21-14-7-8-17-18(12-14)27-10-9-26-17/h4-8,11-12,16H,3,9-10H2,1-2H3,(H,21,23)/t16-/m0/s1. The highest BCUT2D eigenvalue weighted by Gasteiger charge is 2.31. The molecule has 0 saturated heterocycles. The molecule has 0 unspecified atom stereocenters. The Bertz CT molecular complexity index is 980. The highest BCUT2D eigenvalue weighted by atomic mass is 35.5. The molecule has 3 rings (SSSR count). The number of hydrogen-bond donors (Lipinski definition) is 1. The van der Waals surface area contributed by atoms with Crippen LogP contribution < -0.4 is 19.1 Å². The maximum Gasteiger partial charge on any atom is 0.248 e. The quantitative estimate of drug-likeness (QED) is 0.769. The minimum atomic E-state index is -3.73. The second-order valence-electron chi connectivity index (χ2n) is 6.31. The summed E-state index contributed by atoms with van der Waals surface area (Å²) in [6.45, 7) is 2.65. The van der Waals surface area contributed by atoms with Crippen LogP contribution in [0.4, 0.5) is 11.4 Å². The fourth-order valence-corrected chi connectivity index (χ4v) is 4.41. The molecular formula is C19H21ClN2O5S. The lowest BCUT2D eigenvalue weighted by Crippen LogP contribution is -2.47. The summed E-state index contributed by atoms with van der Waals surface area (Å²) in [6.07, 6.45) is 1.34. The highest BCUT2D eigenvalue weighted by molar-refractivity contribution is 7.92. The first-order valence-electron chi connectivity index (χ1n) is 8.75. The maximum absolute atomic E-state index is 12.9. The van der Waals surface area contributed by atoms with Gasteiger partial charge in [0.05, 0.1) is 11.9 Å². The summed E-state index contributed by atoms with van der Waals surface area (Å²) in [4.78, 5) is 12.9. The minimum Gasteiger partial charge on any atom is -0.486 e. The number of amides is 1. The molecule has 0 bridgehead atoms. The summed E-state index contributed by atoms with van der Waals surface area (Å²) in [7, 11) is -3.73. The van der Waals surface area contributed by atoms with Crippen molar-refractivity contribution in [2.24, 2.45) is 0 Å². The third-order valence-electron chi connectivity index (χ3n) is 4.20. The molecule has 1 atom stereocenters. The molecule has 1 amide bonds. The van der Waals surface area contributed by atoms with E-state index in [1.807, 2.05) is 0 Å². The van der Waals surface area contributed by atoms with Gasteiger partial charge in [-0.15, -0.1) is 0 Å². The van der Waals surface area contributed by atoms with Gasteiger partial charge in [0.15, 0.2) is 11.5 Å². The monoisotopic (exact) mass is 424 g/mol. The maximum atomic E-state index is 12.9. The molecule has 0 aromatic heterocycles. The molecule has 0 saturated carbocycles. The van der Waals surface area contributed by atoms with Crippen molar-refractivity contribution in [3.05, 3.63) is 47.5 Å². The average Bonchev–Trinajstić information content (AvgIpc) is 2.64. The van der Waals surface area contributed by atoms with Gasteiger partial charge >= 0.3 is 0 Å². The molecule has 2 aromatic carbocycles. The SMILES string of the molecule is CC[C@@H](C(=O)Nc1ccc2c(c1)OCCO2)N(c1cccc(Cl)c1)S(C)(=O)=O. The Balaban J connectivity index is 1.88. The van der Waals surface area contributed by atoms with Crippen LogP contribution in [-0.4, -0.2) is 39.8 Å². The molecule has 0 fully saturated rings. The van der Waals surface area contributed by atoms with Crippen LogP contribution in [-0.2, 0) is 14.8 Å². The van der Waals surface area contributed by atoms with Crippen molar-refractivity contribution >= 4 is 38.9 Å². The van der Waals surface area contributed by atoms with Gasteiger partial charge in [-0.1, -0.05) is 24.6 Å². The zero-order valence-electron chi connectivity index (χ0n) is 15.5. The van der Waals surface area contributed by atoms with Crippen LogP contribution in [0.2, 0.25) is 5.02 Å². The van der Waals surface area contributed by atoms with Crippen molar-refractivity contribution < 1.29 is 22.7 Å². The third-order valence-corrected chi connectivity index (χ3v) is 5.62. The van der Waals surface area contributed by atoms with Gasteiger partial charge < -0.3 is 14.8 Å². The van der Waals surface area contributed by atoms with E-state index >= 15 is 0 Å². The summed E-state index contributed by atoms with van der Waals surface area (Å²) in [5, 5.41) is 3.15. The van der Waals surface area contributed by atoms with E-state index in [1.54, 1.807) is 43.3 Å². The van der Waals surface area contributed by atoms with Crippen molar-refractivity contribution in [3.63, 3.8) is 0 Å². The van der Waals surface area contributed by atoms with E-state index < -0.39 is 22.0 Å². The van der Waals surface area contributed by atoms with Gasteiger partial charge in [0.25, 0.3) is 0 Å². The van der Waals surface area contributed by atoms with Crippen LogP contribution in [0.15, 0.2) is 42.5 Å². The van der Waals surface area contributed by atoms with Crippen LogP contribution in [0.3, 0.4) is 0 Å². The molecule has 1 N–H and O–H groups in total. The highest BCUT2D eigenvalue weighted by Crippen LogP contribution is 2.33. The van der Waals surface area contributed by atoms with Crippen LogP contribution in [0.5, 0.6) is 11.5 Å². The molecule has 9 heteroatoms. The van der Waals surface area contributed by atoms with Gasteiger partial charge in [-0.3, -0.25) is 9.10 Å². The van der Waals surface area contributed by atoms with E-state index in [1.165, 1.54) is 6.07 Å². The van der Waals surface area contributed by atoms with E-state index in [0.29, 0.717) is 41.1 Å². The Morgan fingerprint density at radius 1 is 1.18 bits per heavy atom. The first-order valence-corrected chi connectivity index (χ1v) is 11.0. The number of hydrogen-bond acceptors (Lipinski definition) is 5. The van der Waals surface area contributed by atoms with Gasteiger partial charge in [-0.25, -0.2) is 8.42 Å². The summed E-state index contributed by atoms with van der Waals surface area (Å²) in [6, 6.07) is 10.5. The lowest BCUT2D eigenvalue weighted by atomic mass is 10.1. The van der Waals surface area contributed by atoms with E-state index in [-0.39, 0.29) is 6.42 Å². The van der Waals surface area contributed by atoms with Crippen LogP contribution in [0.1, 0.15) is 13.3 Å². The van der Waals surface area contributed by atoms with Gasteiger partial charge in [-0.05, 0) is 36.8 Å². The fourth-order valence-electron chi connectivity index (χ4n) is 3.02. The number of nitrogens with one attached hydrogen (secondary N) is 1. The second-order valence-corrected chi connectivity index (χ2v) is 8.61. The molecule has 0 spiro atoms. The number of ether oxygens (including phenoxy) is 2. The van der Waals surface area contributed by atoms with Gasteiger partial charge in [0.1, 0.15) is 19.3 Å². The second kappa shape index (κ2) is 8.28. The van der Waals surface area contributed by atoms with E-state index in [9.17, 15) is 13.2 Å². The molecule has 28 heavy (non-hydrogen) atoms. The molecule has 1 heterocycles.